The smallest absolute Gasteiger partial charge is 0.231 e. The van der Waals surface area contributed by atoms with Gasteiger partial charge in [0.05, 0.1) is 18.0 Å². The predicted molar refractivity (Wildman–Crippen MR) is 128 cm³/mol. The average Bonchev–Trinajstić information content (AvgIpc) is 3.12. The fourth-order valence-corrected chi connectivity index (χ4v) is 3.57. The van der Waals surface area contributed by atoms with E-state index in [0.29, 0.717) is 28.5 Å². The number of fused-ring (bicyclic) bond motifs is 1. The average molecular weight is 425 g/mol. The third kappa shape index (κ3) is 4.23. The van der Waals surface area contributed by atoms with E-state index >= 15 is 0 Å². The lowest BCUT2D eigenvalue weighted by atomic mass is 10.0. The molecule has 0 bridgehead atoms. The normalized spacial score (nSPS) is 11.4. The van der Waals surface area contributed by atoms with Crippen LogP contribution in [0.1, 0.15) is 29.2 Å². The Morgan fingerprint density at radius 2 is 1.78 bits per heavy atom. The molecular formula is C24H24N8. The molecule has 0 unspecified atom stereocenters. The van der Waals surface area contributed by atoms with Crippen LogP contribution in [0.25, 0.3) is 17.2 Å². The van der Waals surface area contributed by atoms with Crippen LogP contribution in [0.5, 0.6) is 0 Å². The van der Waals surface area contributed by atoms with Crippen molar-refractivity contribution in [2.75, 3.05) is 10.6 Å². The van der Waals surface area contributed by atoms with Gasteiger partial charge in [-0.05, 0) is 79.9 Å². The zero-order valence-corrected chi connectivity index (χ0v) is 18.4. The van der Waals surface area contributed by atoms with E-state index < -0.39 is 0 Å². The third-order valence-electron chi connectivity index (χ3n) is 5.02. The van der Waals surface area contributed by atoms with Crippen LogP contribution in [-0.4, -0.2) is 19.5 Å². The Bertz CT molecular complexity index is 1350. The van der Waals surface area contributed by atoms with E-state index in [4.69, 9.17) is 16.0 Å². The summed E-state index contributed by atoms with van der Waals surface area (Å²) >= 11 is 0. The first-order chi connectivity index (χ1) is 15.3. The number of allylic oxidation sites excluding steroid dienone is 1. The molecule has 0 aliphatic heterocycles. The van der Waals surface area contributed by atoms with Gasteiger partial charge in [-0.15, -0.1) is 0 Å². The highest BCUT2D eigenvalue weighted by molar-refractivity contribution is 5.88. The maximum Gasteiger partial charge on any atom is 0.231 e. The number of hydrogen-bond donors (Lipinski definition) is 3. The molecule has 0 saturated carbocycles. The second-order valence-electron chi connectivity index (χ2n) is 7.78. The molecule has 4 aromatic rings. The number of rotatable bonds is 5. The highest BCUT2D eigenvalue weighted by Crippen LogP contribution is 2.30. The quantitative estimate of drug-likeness (QED) is 0.426. The Labute approximate surface area is 186 Å². The Morgan fingerprint density at radius 1 is 1.09 bits per heavy atom. The van der Waals surface area contributed by atoms with Crippen molar-refractivity contribution in [2.45, 2.75) is 20.8 Å². The predicted octanol–water partition coefficient (Wildman–Crippen LogP) is 4.66. The molecule has 0 atom stereocenters. The molecule has 0 amide bonds. The number of hydrogen-bond acceptors (Lipinski definition) is 7. The maximum absolute atomic E-state index is 9.00. The minimum absolute atomic E-state index is 0.432. The first kappa shape index (κ1) is 20.9. The number of nitrogens with two attached hydrogens (primary N) is 1. The molecule has 32 heavy (non-hydrogen) atoms. The summed E-state index contributed by atoms with van der Waals surface area (Å²) in [6.07, 6.45) is 3.67. The molecule has 4 rings (SSSR count). The van der Waals surface area contributed by atoms with Crippen molar-refractivity contribution in [1.82, 2.24) is 19.5 Å². The molecule has 0 aliphatic carbocycles. The van der Waals surface area contributed by atoms with Crippen LogP contribution in [0.3, 0.4) is 0 Å². The van der Waals surface area contributed by atoms with Crippen molar-refractivity contribution in [3.05, 3.63) is 70.7 Å². The lowest BCUT2D eigenvalue weighted by Gasteiger charge is -2.15. The molecule has 0 spiro atoms. The minimum atomic E-state index is 0.432. The number of aryl methyl sites for hydroxylation is 3. The Kier molecular flexibility index (Phi) is 5.48. The van der Waals surface area contributed by atoms with Crippen LogP contribution in [0.2, 0.25) is 0 Å². The van der Waals surface area contributed by atoms with Crippen LogP contribution >= 0.6 is 0 Å². The molecule has 8 nitrogen and oxygen atoms in total. The first-order valence-corrected chi connectivity index (χ1v) is 10.1. The van der Waals surface area contributed by atoms with Crippen LogP contribution < -0.4 is 16.4 Å². The SMILES string of the molecule is C/C(N)=C\c1cc(C)c(Nc2nc(Nc3ccc(C#N)cc3)nc3c2ncn3C)c(C)c1. The minimum Gasteiger partial charge on any atom is -0.402 e. The zero-order chi connectivity index (χ0) is 22.8. The Hall–Kier alpha value is -4.38. The molecule has 0 fully saturated rings. The molecule has 0 aliphatic rings. The van der Waals surface area contributed by atoms with Gasteiger partial charge in [0.1, 0.15) is 0 Å². The molecule has 0 saturated heterocycles. The van der Waals surface area contributed by atoms with Gasteiger partial charge in [0.2, 0.25) is 5.95 Å². The first-order valence-electron chi connectivity index (χ1n) is 10.1. The highest BCUT2D eigenvalue weighted by atomic mass is 15.2. The summed E-state index contributed by atoms with van der Waals surface area (Å²) in [5.74, 6) is 1.04. The van der Waals surface area contributed by atoms with Gasteiger partial charge in [-0.2, -0.15) is 15.2 Å². The van der Waals surface area contributed by atoms with Gasteiger partial charge >= 0.3 is 0 Å². The van der Waals surface area contributed by atoms with Crippen molar-refractivity contribution < 1.29 is 0 Å². The summed E-state index contributed by atoms with van der Waals surface area (Å²) in [5.41, 5.74) is 13.5. The van der Waals surface area contributed by atoms with Crippen LogP contribution in [-0.2, 0) is 7.05 Å². The van der Waals surface area contributed by atoms with E-state index in [1.54, 1.807) is 18.5 Å². The zero-order valence-electron chi connectivity index (χ0n) is 18.4. The third-order valence-corrected chi connectivity index (χ3v) is 5.02. The number of benzene rings is 2. The van der Waals surface area contributed by atoms with Crippen molar-refractivity contribution in [3.63, 3.8) is 0 Å². The summed E-state index contributed by atoms with van der Waals surface area (Å²) in [6, 6.07) is 13.4. The van der Waals surface area contributed by atoms with Gasteiger partial charge in [-0.1, -0.05) is 0 Å². The summed E-state index contributed by atoms with van der Waals surface area (Å²) in [6.45, 7) is 5.97. The number of aromatic nitrogens is 4. The van der Waals surface area contributed by atoms with Gasteiger partial charge in [0.15, 0.2) is 17.0 Å². The van der Waals surface area contributed by atoms with E-state index in [9.17, 15) is 0 Å². The van der Waals surface area contributed by atoms with Gasteiger partial charge in [0.25, 0.3) is 0 Å². The molecule has 0 radical (unpaired) electrons. The topological polar surface area (TPSA) is 117 Å². The van der Waals surface area contributed by atoms with Gasteiger partial charge in [-0.3, -0.25) is 0 Å². The number of nitrogens with zero attached hydrogens (tertiary/aromatic N) is 5. The van der Waals surface area contributed by atoms with E-state index in [1.807, 2.05) is 50.6 Å². The maximum atomic E-state index is 9.00. The standard InChI is InChI=1S/C24H24N8/c1-14-9-18(11-16(3)26)10-15(2)20(14)29-22-21-23(32(4)13-27-21)31-24(30-22)28-19-7-5-17(12-25)6-8-19/h5-11,13H,26H2,1-4H3,(H2,28,29,30,31)/b16-11+. The van der Waals surface area contributed by atoms with Crippen molar-refractivity contribution in [2.24, 2.45) is 12.8 Å². The second-order valence-corrected chi connectivity index (χ2v) is 7.78. The van der Waals surface area contributed by atoms with Crippen molar-refractivity contribution in [1.29, 1.82) is 5.26 Å². The largest absolute Gasteiger partial charge is 0.402 e. The molecule has 4 N–H and O–H groups in total. The highest BCUT2D eigenvalue weighted by Gasteiger charge is 2.15. The number of nitriles is 1. The Balaban J connectivity index is 1.74. The van der Waals surface area contributed by atoms with E-state index in [0.717, 1.165) is 33.8 Å². The molecule has 160 valence electrons. The van der Waals surface area contributed by atoms with Gasteiger partial charge in [0, 0.05) is 24.1 Å². The van der Waals surface area contributed by atoms with Crippen LogP contribution in [0.15, 0.2) is 48.4 Å². The molecule has 2 aromatic carbocycles. The van der Waals surface area contributed by atoms with Crippen LogP contribution in [0.4, 0.5) is 23.1 Å². The summed E-state index contributed by atoms with van der Waals surface area (Å²) < 4.78 is 1.85. The molecule has 2 heterocycles. The molecule has 2 aromatic heterocycles. The second kappa shape index (κ2) is 8.40. The van der Waals surface area contributed by atoms with E-state index in [2.05, 4.69) is 38.8 Å². The summed E-state index contributed by atoms with van der Waals surface area (Å²) in [7, 11) is 1.89. The number of anilines is 4. The van der Waals surface area contributed by atoms with Crippen molar-refractivity contribution >= 4 is 40.4 Å². The van der Waals surface area contributed by atoms with Gasteiger partial charge in [-0.25, -0.2) is 4.98 Å². The fourth-order valence-electron chi connectivity index (χ4n) is 3.57. The fraction of sp³-hybridized carbons (Fsp3) is 0.167. The monoisotopic (exact) mass is 424 g/mol. The lowest BCUT2D eigenvalue weighted by molar-refractivity contribution is 0.929. The molecule has 8 heteroatoms. The summed E-state index contributed by atoms with van der Waals surface area (Å²) in [5, 5.41) is 15.7. The summed E-state index contributed by atoms with van der Waals surface area (Å²) in [4.78, 5) is 13.8. The van der Waals surface area contributed by atoms with Gasteiger partial charge < -0.3 is 20.9 Å². The lowest BCUT2D eigenvalue weighted by Crippen LogP contribution is -2.05. The number of nitrogens with one attached hydrogen (secondary N) is 2. The number of imidazole rings is 1. The molecular weight excluding hydrogens is 400 g/mol. The Morgan fingerprint density at radius 3 is 2.41 bits per heavy atom. The van der Waals surface area contributed by atoms with E-state index in [-0.39, 0.29) is 0 Å². The van der Waals surface area contributed by atoms with Crippen molar-refractivity contribution in [3.8, 4) is 6.07 Å². The van der Waals surface area contributed by atoms with E-state index in [1.165, 1.54) is 0 Å². The van der Waals surface area contributed by atoms with Crippen LogP contribution in [0, 0.1) is 25.2 Å².